The zero-order chi connectivity index (χ0) is 16.2. The Morgan fingerprint density at radius 1 is 1.04 bits per heavy atom. The molecule has 0 saturated carbocycles. The fourth-order valence-corrected chi connectivity index (χ4v) is 3.05. The minimum Gasteiger partial charge on any atom is -0.476 e. The van der Waals surface area contributed by atoms with E-state index < -0.39 is 5.97 Å². The van der Waals surface area contributed by atoms with Crippen molar-refractivity contribution in [3.63, 3.8) is 0 Å². The molecule has 0 unspecified atom stereocenters. The Morgan fingerprint density at radius 2 is 1.74 bits per heavy atom. The van der Waals surface area contributed by atoms with Gasteiger partial charge in [-0.15, -0.1) is 10.2 Å². The molecular weight excluding hydrogens is 290 g/mol. The van der Waals surface area contributed by atoms with Gasteiger partial charge in [-0.1, -0.05) is 30.7 Å². The summed E-state index contributed by atoms with van der Waals surface area (Å²) in [5.41, 5.74) is 2.89. The van der Waals surface area contributed by atoms with Crippen LogP contribution in [0.3, 0.4) is 0 Å². The van der Waals surface area contributed by atoms with Crippen molar-refractivity contribution in [2.24, 2.45) is 0 Å². The summed E-state index contributed by atoms with van der Waals surface area (Å²) in [6.07, 6.45) is 3.91. The van der Waals surface area contributed by atoms with E-state index in [-0.39, 0.29) is 5.69 Å². The summed E-state index contributed by atoms with van der Waals surface area (Å²) < 4.78 is 0. The van der Waals surface area contributed by atoms with Crippen molar-refractivity contribution in [3.8, 4) is 11.3 Å². The molecule has 0 bridgehead atoms. The summed E-state index contributed by atoms with van der Waals surface area (Å²) in [5.74, 6) is -1.06. The number of likely N-dealkylation sites (tertiary alicyclic amines) is 1. The molecule has 120 valence electrons. The Morgan fingerprint density at radius 3 is 2.30 bits per heavy atom. The lowest BCUT2D eigenvalue weighted by atomic mass is 10.0. The van der Waals surface area contributed by atoms with E-state index in [1.165, 1.54) is 44.0 Å². The van der Waals surface area contributed by atoms with Gasteiger partial charge < -0.3 is 5.11 Å². The zero-order valence-electron chi connectivity index (χ0n) is 13.3. The van der Waals surface area contributed by atoms with Gasteiger partial charge in [0.1, 0.15) is 0 Å². The first-order valence-electron chi connectivity index (χ1n) is 8.06. The van der Waals surface area contributed by atoms with Crippen LogP contribution in [0.2, 0.25) is 0 Å². The molecule has 1 N–H and O–H groups in total. The molecular formula is C18H21N3O2. The van der Waals surface area contributed by atoms with E-state index in [0.717, 1.165) is 5.56 Å². The number of hydrogen-bond acceptors (Lipinski definition) is 4. The quantitative estimate of drug-likeness (QED) is 0.937. The molecule has 23 heavy (non-hydrogen) atoms. The third kappa shape index (κ3) is 3.56. The number of hydrogen-bond donors (Lipinski definition) is 1. The number of rotatable bonds is 4. The van der Waals surface area contributed by atoms with Crippen molar-refractivity contribution in [2.45, 2.75) is 32.2 Å². The van der Waals surface area contributed by atoms with Crippen LogP contribution in [0.25, 0.3) is 11.3 Å². The van der Waals surface area contributed by atoms with E-state index in [0.29, 0.717) is 11.7 Å². The number of carbonyl (C=O) groups is 1. The second-order valence-corrected chi connectivity index (χ2v) is 6.00. The van der Waals surface area contributed by atoms with Gasteiger partial charge in [0, 0.05) is 11.6 Å². The van der Waals surface area contributed by atoms with Crippen molar-refractivity contribution < 1.29 is 9.90 Å². The lowest BCUT2D eigenvalue weighted by molar-refractivity contribution is 0.0689. The summed E-state index contributed by atoms with van der Waals surface area (Å²) >= 11 is 0. The molecule has 1 fully saturated rings. The van der Waals surface area contributed by atoms with Crippen LogP contribution in [0.15, 0.2) is 36.4 Å². The Labute approximate surface area is 136 Å². The molecule has 0 spiro atoms. The predicted molar refractivity (Wildman–Crippen MR) is 88.3 cm³/mol. The summed E-state index contributed by atoms with van der Waals surface area (Å²) in [7, 11) is 0. The van der Waals surface area contributed by atoms with E-state index in [4.69, 9.17) is 5.11 Å². The van der Waals surface area contributed by atoms with Crippen LogP contribution in [-0.2, 0) is 0 Å². The number of carboxylic acid groups (broad SMARTS) is 1. The van der Waals surface area contributed by atoms with Gasteiger partial charge in [-0.3, -0.25) is 4.90 Å². The third-order valence-corrected chi connectivity index (χ3v) is 4.51. The van der Waals surface area contributed by atoms with Gasteiger partial charge in [0.15, 0.2) is 5.69 Å². The van der Waals surface area contributed by atoms with Crippen LogP contribution in [-0.4, -0.2) is 39.3 Å². The molecule has 2 heterocycles. The molecule has 2 aromatic rings. The standard InChI is InChI=1S/C18H21N3O2/c1-13(21-11-3-2-4-12-21)14-5-7-15(8-6-14)16-9-10-17(18(22)23)20-19-16/h5-10,13H,2-4,11-12H2,1H3,(H,22,23)/t13-/m0/s1. The van der Waals surface area contributed by atoms with Crippen LogP contribution in [0.1, 0.15) is 48.3 Å². The molecule has 3 rings (SSSR count). The van der Waals surface area contributed by atoms with E-state index in [1.54, 1.807) is 6.07 Å². The Balaban J connectivity index is 1.74. The molecule has 0 radical (unpaired) electrons. The van der Waals surface area contributed by atoms with E-state index in [2.05, 4.69) is 34.2 Å². The predicted octanol–water partition coefficient (Wildman–Crippen LogP) is 3.39. The first kappa shape index (κ1) is 15.6. The van der Waals surface area contributed by atoms with Crippen molar-refractivity contribution in [2.75, 3.05) is 13.1 Å². The molecule has 1 saturated heterocycles. The molecule has 1 aromatic carbocycles. The molecule has 1 atom stereocenters. The van der Waals surface area contributed by atoms with Crippen molar-refractivity contribution in [1.29, 1.82) is 0 Å². The van der Waals surface area contributed by atoms with Crippen LogP contribution < -0.4 is 0 Å². The maximum absolute atomic E-state index is 10.8. The van der Waals surface area contributed by atoms with Crippen molar-refractivity contribution in [1.82, 2.24) is 15.1 Å². The number of nitrogens with zero attached hydrogens (tertiary/aromatic N) is 3. The first-order chi connectivity index (χ1) is 11.1. The molecule has 0 amide bonds. The number of aromatic nitrogens is 2. The van der Waals surface area contributed by atoms with Gasteiger partial charge in [0.05, 0.1) is 5.69 Å². The minimum absolute atomic E-state index is 0.0379. The van der Waals surface area contributed by atoms with E-state index in [9.17, 15) is 4.79 Å². The summed E-state index contributed by atoms with van der Waals surface area (Å²) in [6.45, 7) is 4.60. The molecule has 0 aliphatic carbocycles. The topological polar surface area (TPSA) is 66.3 Å². The first-order valence-corrected chi connectivity index (χ1v) is 8.06. The second-order valence-electron chi connectivity index (χ2n) is 6.00. The number of piperidine rings is 1. The van der Waals surface area contributed by atoms with Gasteiger partial charge >= 0.3 is 5.97 Å². The summed E-state index contributed by atoms with van der Waals surface area (Å²) in [5, 5.41) is 16.6. The minimum atomic E-state index is -1.06. The fourth-order valence-electron chi connectivity index (χ4n) is 3.05. The lowest BCUT2D eigenvalue weighted by Crippen LogP contribution is -2.32. The largest absolute Gasteiger partial charge is 0.476 e. The highest BCUT2D eigenvalue weighted by Crippen LogP contribution is 2.26. The average Bonchev–Trinajstić information content (AvgIpc) is 2.62. The molecule has 1 aliphatic rings. The second kappa shape index (κ2) is 6.87. The fraction of sp³-hybridized carbons (Fsp3) is 0.389. The van der Waals surface area contributed by atoms with Gasteiger partial charge in [0.2, 0.25) is 0 Å². The Hall–Kier alpha value is -2.27. The normalized spacial score (nSPS) is 16.9. The smallest absolute Gasteiger partial charge is 0.356 e. The number of benzene rings is 1. The van der Waals surface area contributed by atoms with E-state index >= 15 is 0 Å². The molecule has 5 nitrogen and oxygen atoms in total. The zero-order valence-corrected chi connectivity index (χ0v) is 13.3. The number of aromatic carboxylic acids is 1. The maximum Gasteiger partial charge on any atom is 0.356 e. The van der Waals surface area contributed by atoms with E-state index in [1.807, 2.05) is 12.1 Å². The Kier molecular flexibility index (Phi) is 4.67. The summed E-state index contributed by atoms with van der Waals surface area (Å²) in [6, 6.07) is 11.9. The summed E-state index contributed by atoms with van der Waals surface area (Å²) in [4.78, 5) is 13.3. The number of carboxylic acids is 1. The molecule has 1 aliphatic heterocycles. The van der Waals surface area contributed by atoms with Crippen molar-refractivity contribution >= 4 is 5.97 Å². The maximum atomic E-state index is 10.8. The molecule has 1 aromatic heterocycles. The third-order valence-electron chi connectivity index (χ3n) is 4.51. The Bertz CT molecular complexity index is 662. The lowest BCUT2D eigenvalue weighted by Gasteiger charge is -2.32. The van der Waals surface area contributed by atoms with Crippen LogP contribution in [0, 0.1) is 0 Å². The highest BCUT2D eigenvalue weighted by molar-refractivity contribution is 5.85. The highest BCUT2D eigenvalue weighted by atomic mass is 16.4. The molecule has 5 heteroatoms. The van der Waals surface area contributed by atoms with Gasteiger partial charge in [-0.25, -0.2) is 4.79 Å². The average molecular weight is 311 g/mol. The van der Waals surface area contributed by atoms with Crippen LogP contribution >= 0.6 is 0 Å². The van der Waals surface area contributed by atoms with Crippen molar-refractivity contribution in [3.05, 3.63) is 47.7 Å². The van der Waals surface area contributed by atoms with Crippen LogP contribution in [0.5, 0.6) is 0 Å². The van der Waals surface area contributed by atoms with Gasteiger partial charge in [-0.05, 0) is 50.6 Å². The highest BCUT2D eigenvalue weighted by Gasteiger charge is 2.18. The SMILES string of the molecule is C[C@@H](c1ccc(-c2ccc(C(=O)O)nn2)cc1)N1CCCCC1. The van der Waals surface area contributed by atoms with Gasteiger partial charge in [0.25, 0.3) is 0 Å². The monoisotopic (exact) mass is 311 g/mol. The van der Waals surface area contributed by atoms with Crippen LogP contribution in [0.4, 0.5) is 0 Å². The van der Waals surface area contributed by atoms with Gasteiger partial charge in [-0.2, -0.15) is 0 Å².